The van der Waals surface area contributed by atoms with Crippen LogP contribution in [0.2, 0.25) is 0 Å². The second kappa shape index (κ2) is 6.00. The van der Waals surface area contributed by atoms with E-state index in [0.29, 0.717) is 12.8 Å². The molecule has 88 valence electrons. The molecule has 0 aromatic rings. The zero-order chi connectivity index (χ0) is 12.1. The first kappa shape index (κ1) is 14.3. The Morgan fingerprint density at radius 1 is 1.47 bits per heavy atom. The Morgan fingerprint density at radius 3 is 2.33 bits per heavy atom. The minimum atomic E-state index is -4.13. The van der Waals surface area contributed by atoms with Crippen molar-refractivity contribution in [2.24, 2.45) is 5.92 Å². The van der Waals surface area contributed by atoms with Crippen molar-refractivity contribution < 1.29 is 24.3 Å². The van der Waals surface area contributed by atoms with Crippen molar-refractivity contribution in [2.75, 3.05) is 6.16 Å². The SMILES string of the molecule is CCCC(CC(=N)C(=O)O)CP(=O)(O)O. The highest BCUT2D eigenvalue weighted by molar-refractivity contribution is 7.51. The predicted molar refractivity (Wildman–Crippen MR) is 55.3 cm³/mol. The number of hydrogen-bond acceptors (Lipinski definition) is 3. The molecule has 0 fully saturated rings. The van der Waals surface area contributed by atoms with E-state index in [-0.39, 0.29) is 12.6 Å². The van der Waals surface area contributed by atoms with Gasteiger partial charge < -0.3 is 14.9 Å². The van der Waals surface area contributed by atoms with E-state index in [1.54, 1.807) is 0 Å². The molecule has 0 rings (SSSR count). The summed E-state index contributed by atoms with van der Waals surface area (Å²) in [5, 5.41) is 15.6. The average molecular weight is 237 g/mol. The van der Waals surface area contributed by atoms with Gasteiger partial charge in [-0.15, -0.1) is 0 Å². The molecule has 0 saturated heterocycles. The molecule has 6 nitrogen and oxygen atoms in total. The molecule has 1 atom stereocenters. The maximum atomic E-state index is 10.7. The zero-order valence-corrected chi connectivity index (χ0v) is 9.41. The standard InChI is InChI=1S/C8H16NO5P/c1-2-3-6(5-15(12,13)14)4-7(9)8(10)11/h6,9H,2-5H2,1H3,(H,10,11)(H2,12,13,14). The van der Waals surface area contributed by atoms with Gasteiger partial charge in [0.1, 0.15) is 5.71 Å². The summed E-state index contributed by atoms with van der Waals surface area (Å²) in [6, 6.07) is 0. The third kappa shape index (κ3) is 7.25. The Balaban J connectivity index is 4.34. The van der Waals surface area contributed by atoms with E-state index in [1.807, 2.05) is 6.92 Å². The summed E-state index contributed by atoms with van der Waals surface area (Å²) in [5.41, 5.74) is -0.498. The lowest BCUT2D eigenvalue weighted by Crippen LogP contribution is -2.18. The second-order valence-corrected chi connectivity index (χ2v) is 5.18. The first-order chi connectivity index (χ1) is 6.76. The van der Waals surface area contributed by atoms with E-state index in [0.717, 1.165) is 0 Å². The fourth-order valence-corrected chi connectivity index (χ4v) is 2.36. The van der Waals surface area contributed by atoms with Gasteiger partial charge in [0.2, 0.25) is 0 Å². The minimum absolute atomic E-state index is 0.0890. The maximum absolute atomic E-state index is 10.7. The molecule has 0 aromatic carbocycles. The van der Waals surface area contributed by atoms with Gasteiger partial charge in [0.25, 0.3) is 0 Å². The van der Waals surface area contributed by atoms with E-state index in [2.05, 4.69) is 0 Å². The number of hydrogen-bond donors (Lipinski definition) is 4. The van der Waals surface area contributed by atoms with Gasteiger partial charge in [0.15, 0.2) is 0 Å². The van der Waals surface area contributed by atoms with Crippen LogP contribution in [0.5, 0.6) is 0 Å². The molecule has 0 heterocycles. The van der Waals surface area contributed by atoms with Crippen LogP contribution in [0.4, 0.5) is 0 Å². The van der Waals surface area contributed by atoms with Crippen LogP contribution < -0.4 is 0 Å². The van der Waals surface area contributed by atoms with Crippen molar-refractivity contribution >= 4 is 19.3 Å². The lowest BCUT2D eigenvalue weighted by atomic mass is 9.99. The quantitative estimate of drug-likeness (QED) is 0.390. The number of carboxylic acid groups (broad SMARTS) is 1. The summed E-state index contributed by atoms with van der Waals surface area (Å²) in [5.74, 6) is -1.76. The molecule has 1 unspecified atom stereocenters. The number of carboxylic acids is 1. The monoisotopic (exact) mass is 237 g/mol. The molecule has 0 amide bonds. The number of nitrogens with one attached hydrogen (secondary N) is 1. The van der Waals surface area contributed by atoms with Crippen LogP contribution in [0, 0.1) is 11.3 Å². The van der Waals surface area contributed by atoms with Crippen LogP contribution >= 0.6 is 7.60 Å². The molecule has 0 spiro atoms. The highest BCUT2D eigenvalue weighted by atomic mass is 31.2. The van der Waals surface area contributed by atoms with Gasteiger partial charge in [-0.05, 0) is 18.8 Å². The van der Waals surface area contributed by atoms with Crippen molar-refractivity contribution in [2.45, 2.75) is 26.2 Å². The second-order valence-electron chi connectivity index (χ2n) is 3.49. The van der Waals surface area contributed by atoms with Gasteiger partial charge >= 0.3 is 13.6 Å². The van der Waals surface area contributed by atoms with Gasteiger partial charge in [-0.25, -0.2) is 4.79 Å². The van der Waals surface area contributed by atoms with Crippen LogP contribution in [-0.2, 0) is 9.36 Å². The van der Waals surface area contributed by atoms with Crippen molar-refractivity contribution in [3.63, 3.8) is 0 Å². The average Bonchev–Trinajstić information content (AvgIpc) is 2.00. The van der Waals surface area contributed by atoms with E-state index >= 15 is 0 Å². The molecular formula is C8H16NO5P. The summed E-state index contributed by atoms with van der Waals surface area (Å²) >= 11 is 0. The fraction of sp³-hybridized carbons (Fsp3) is 0.750. The molecule has 0 bridgehead atoms. The van der Waals surface area contributed by atoms with Crippen molar-refractivity contribution in [3.8, 4) is 0 Å². The van der Waals surface area contributed by atoms with Gasteiger partial charge in [-0.2, -0.15) is 0 Å². The van der Waals surface area contributed by atoms with Gasteiger partial charge in [0.05, 0.1) is 6.16 Å². The summed E-state index contributed by atoms with van der Waals surface area (Å²) in [6.45, 7) is 1.84. The smallest absolute Gasteiger partial charge is 0.349 e. The Hall–Kier alpha value is -0.710. The molecule has 0 aliphatic heterocycles. The first-order valence-electron chi connectivity index (χ1n) is 4.61. The topological polar surface area (TPSA) is 119 Å². The summed E-state index contributed by atoms with van der Waals surface area (Å²) in [7, 11) is -4.13. The van der Waals surface area contributed by atoms with E-state index < -0.39 is 25.2 Å². The van der Waals surface area contributed by atoms with Gasteiger partial charge in [-0.1, -0.05) is 13.3 Å². The number of carbonyl (C=O) groups is 1. The van der Waals surface area contributed by atoms with E-state index in [1.165, 1.54) is 0 Å². The largest absolute Gasteiger partial charge is 0.477 e. The van der Waals surface area contributed by atoms with Crippen molar-refractivity contribution in [1.82, 2.24) is 0 Å². The van der Waals surface area contributed by atoms with Gasteiger partial charge in [-0.3, -0.25) is 9.97 Å². The molecular weight excluding hydrogens is 221 g/mol. The highest BCUT2D eigenvalue weighted by Gasteiger charge is 2.23. The van der Waals surface area contributed by atoms with Crippen LogP contribution in [0.15, 0.2) is 0 Å². The predicted octanol–water partition coefficient (Wildman–Crippen LogP) is 1.07. The zero-order valence-electron chi connectivity index (χ0n) is 8.51. The molecule has 0 saturated carbocycles. The third-order valence-electron chi connectivity index (χ3n) is 1.94. The van der Waals surface area contributed by atoms with Gasteiger partial charge in [0, 0.05) is 0 Å². The molecule has 0 radical (unpaired) electrons. The molecule has 0 aliphatic rings. The summed E-state index contributed by atoms with van der Waals surface area (Å²) < 4.78 is 10.7. The third-order valence-corrected chi connectivity index (χ3v) is 2.94. The molecule has 15 heavy (non-hydrogen) atoms. The Kier molecular flexibility index (Phi) is 5.72. The lowest BCUT2D eigenvalue weighted by Gasteiger charge is -2.15. The molecule has 4 N–H and O–H groups in total. The normalized spacial score (nSPS) is 13.5. The summed E-state index contributed by atoms with van der Waals surface area (Å²) in [4.78, 5) is 27.9. The summed E-state index contributed by atoms with van der Waals surface area (Å²) in [6.07, 6.45) is 0.781. The Bertz CT molecular complexity index is 285. The lowest BCUT2D eigenvalue weighted by molar-refractivity contribution is -0.129. The highest BCUT2D eigenvalue weighted by Crippen LogP contribution is 2.39. The number of rotatable bonds is 7. The Labute approximate surface area is 88.0 Å². The van der Waals surface area contributed by atoms with Crippen LogP contribution in [0.3, 0.4) is 0 Å². The number of aliphatic carboxylic acids is 1. The molecule has 0 aromatic heterocycles. The first-order valence-corrected chi connectivity index (χ1v) is 6.41. The van der Waals surface area contributed by atoms with E-state index in [4.69, 9.17) is 20.3 Å². The van der Waals surface area contributed by atoms with E-state index in [9.17, 15) is 9.36 Å². The van der Waals surface area contributed by atoms with Crippen LogP contribution in [-0.4, -0.2) is 32.7 Å². The van der Waals surface area contributed by atoms with Crippen LogP contribution in [0.25, 0.3) is 0 Å². The Morgan fingerprint density at radius 2 is 2.00 bits per heavy atom. The molecule has 7 heteroatoms. The van der Waals surface area contributed by atoms with Crippen molar-refractivity contribution in [1.29, 1.82) is 5.41 Å². The van der Waals surface area contributed by atoms with Crippen molar-refractivity contribution in [3.05, 3.63) is 0 Å². The maximum Gasteiger partial charge on any atom is 0.349 e. The minimum Gasteiger partial charge on any atom is -0.477 e. The fourth-order valence-electron chi connectivity index (χ4n) is 1.38. The molecule has 0 aliphatic carbocycles. The van der Waals surface area contributed by atoms with Crippen LogP contribution in [0.1, 0.15) is 26.2 Å².